The molecule has 3 rings (SSSR count). The van der Waals surface area contributed by atoms with Gasteiger partial charge in [0.2, 0.25) is 0 Å². The number of alkyl halides is 3. The average molecular weight is 399 g/mol. The van der Waals surface area contributed by atoms with Crippen LogP contribution in [0.25, 0.3) is 0 Å². The van der Waals surface area contributed by atoms with E-state index in [2.05, 4.69) is 4.99 Å². The molecule has 8 heteroatoms. The Morgan fingerprint density at radius 3 is 2.42 bits per heavy atom. The van der Waals surface area contributed by atoms with Gasteiger partial charge in [0.15, 0.2) is 5.17 Å². The van der Waals surface area contributed by atoms with Gasteiger partial charge < -0.3 is 4.90 Å². The number of carbonyl (C=O) groups is 1. The van der Waals surface area contributed by atoms with Gasteiger partial charge in [0, 0.05) is 28.1 Å². The Balaban J connectivity index is 1.87. The number of thioether (sulfide) groups is 1. The summed E-state index contributed by atoms with van der Waals surface area (Å²) in [6.45, 7) is 0.140. The van der Waals surface area contributed by atoms with Crippen molar-refractivity contribution in [3.8, 4) is 0 Å². The van der Waals surface area contributed by atoms with Crippen molar-refractivity contribution in [2.75, 3.05) is 11.4 Å². The maximum absolute atomic E-state index is 12.8. The molecular weight excluding hydrogens is 385 g/mol. The summed E-state index contributed by atoms with van der Waals surface area (Å²) < 4.78 is 38.3. The fourth-order valence-corrected chi connectivity index (χ4v) is 3.91. The van der Waals surface area contributed by atoms with E-state index >= 15 is 0 Å². The van der Waals surface area contributed by atoms with Gasteiger partial charge in [0.1, 0.15) is 0 Å². The van der Waals surface area contributed by atoms with Crippen LogP contribution >= 0.6 is 23.4 Å². The summed E-state index contributed by atoms with van der Waals surface area (Å²) in [5, 5.41) is 0.0398. The second kappa shape index (κ2) is 7.72. The molecule has 1 atom stereocenters. The number of halogens is 4. The van der Waals surface area contributed by atoms with Crippen LogP contribution in [0, 0.1) is 0 Å². The standard InChI is InChI=1S/C18H14ClF3N2OS/c19-13-8-6-12(7-9-13)16(25)23-17-24(14-4-2-1-3-5-14)11-15(26-17)10-18(20,21)22/h1-9,15H,10-11H2. The minimum absolute atomic E-state index is 0.140. The molecule has 1 amide bonds. The maximum atomic E-state index is 12.8. The third-order valence-corrected chi connectivity index (χ3v) is 5.13. The Morgan fingerprint density at radius 2 is 1.81 bits per heavy atom. The molecule has 0 aromatic heterocycles. The lowest BCUT2D eigenvalue weighted by molar-refractivity contribution is -0.133. The van der Waals surface area contributed by atoms with Crippen LogP contribution in [-0.2, 0) is 0 Å². The highest BCUT2D eigenvalue weighted by Crippen LogP contribution is 2.37. The van der Waals surface area contributed by atoms with Gasteiger partial charge in [0.05, 0.1) is 6.42 Å². The number of amidine groups is 1. The highest BCUT2D eigenvalue weighted by atomic mass is 35.5. The fourth-order valence-electron chi connectivity index (χ4n) is 2.55. The van der Waals surface area contributed by atoms with Crippen LogP contribution in [0.5, 0.6) is 0 Å². The molecule has 3 nitrogen and oxygen atoms in total. The van der Waals surface area contributed by atoms with Gasteiger partial charge >= 0.3 is 6.18 Å². The summed E-state index contributed by atoms with van der Waals surface area (Å²) in [5.74, 6) is -0.516. The molecule has 26 heavy (non-hydrogen) atoms. The molecule has 0 radical (unpaired) electrons. The largest absolute Gasteiger partial charge is 0.390 e. The van der Waals surface area contributed by atoms with Crippen molar-refractivity contribution in [2.24, 2.45) is 4.99 Å². The Morgan fingerprint density at radius 1 is 1.15 bits per heavy atom. The molecule has 2 aromatic rings. The summed E-state index contributed by atoms with van der Waals surface area (Å²) in [6, 6.07) is 15.2. The SMILES string of the molecule is O=C(N=C1SC(CC(F)(F)F)CN1c1ccccc1)c1ccc(Cl)cc1. The molecule has 1 saturated heterocycles. The van der Waals surface area contributed by atoms with E-state index in [9.17, 15) is 18.0 Å². The van der Waals surface area contributed by atoms with Crippen LogP contribution < -0.4 is 4.90 Å². The molecule has 1 unspecified atom stereocenters. The third-order valence-electron chi connectivity index (χ3n) is 3.70. The van der Waals surface area contributed by atoms with Gasteiger partial charge in [-0.3, -0.25) is 4.79 Å². The van der Waals surface area contributed by atoms with E-state index in [4.69, 9.17) is 11.6 Å². The van der Waals surface area contributed by atoms with Crippen LogP contribution in [0.2, 0.25) is 5.02 Å². The first-order chi connectivity index (χ1) is 12.3. The van der Waals surface area contributed by atoms with Gasteiger partial charge in [-0.05, 0) is 36.4 Å². The lowest BCUT2D eigenvalue weighted by atomic mass is 10.2. The Kier molecular flexibility index (Phi) is 5.58. The monoisotopic (exact) mass is 398 g/mol. The second-order valence-corrected chi connectivity index (χ2v) is 7.42. The van der Waals surface area contributed by atoms with Crippen LogP contribution in [-0.4, -0.2) is 29.0 Å². The van der Waals surface area contributed by atoms with Gasteiger partial charge in [-0.25, -0.2) is 0 Å². The normalized spacial score (nSPS) is 19.2. The number of nitrogens with zero attached hydrogens (tertiary/aromatic N) is 2. The van der Waals surface area contributed by atoms with E-state index in [0.717, 1.165) is 11.8 Å². The molecule has 0 bridgehead atoms. The summed E-state index contributed by atoms with van der Waals surface area (Å²) in [6.07, 6.45) is -5.20. The zero-order valence-electron chi connectivity index (χ0n) is 13.4. The smallest absolute Gasteiger partial charge is 0.320 e. The maximum Gasteiger partial charge on any atom is 0.390 e. The first-order valence-electron chi connectivity index (χ1n) is 7.76. The number of aliphatic imine (C=N–C) groups is 1. The number of para-hydroxylation sites is 1. The zero-order chi connectivity index (χ0) is 18.7. The summed E-state index contributed by atoms with van der Waals surface area (Å²) in [4.78, 5) is 18.1. The van der Waals surface area contributed by atoms with Crippen molar-refractivity contribution in [1.82, 2.24) is 0 Å². The van der Waals surface area contributed by atoms with Crippen LogP contribution in [0.1, 0.15) is 16.8 Å². The van der Waals surface area contributed by atoms with Crippen molar-refractivity contribution in [2.45, 2.75) is 17.8 Å². The predicted octanol–water partition coefficient (Wildman–Crippen LogP) is 5.41. The zero-order valence-corrected chi connectivity index (χ0v) is 15.0. The Hall–Kier alpha value is -1.99. The number of rotatable bonds is 3. The van der Waals surface area contributed by atoms with Gasteiger partial charge in [-0.15, -0.1) is 0 Å². The summed E-state index contributed by atoms with van der Waals surface area (Å²) in [7, 11) is 0. The lowest BCUT2D eigenvalue weighted by Gasteiger charge is -2.18. The molecule has 1 aliphatic rings. The van der Waals surface area contributed by atoms with Gasteiger partial charge in [-0.1, -0.05) is 41.6 Å². The highest BCUT2D eigenvalue weighted by Gasteiger charge is 2.39. The molecule has 0 spiro atoms. The number of carbonyl (C=O) groups excluding carboxylic acids is 1. The highest BCUT2D eigenvalue weighted by molar-refractivity contribution is 8.15. The van der Waals surface area contributed by atoms with Gasteiger partial charge in [-0.2, -0.15) is 18.2 Å². The fraction of sp³-hybridized carbons (Fsp3) is 0.222. The number of amides is 1. The molecule has 0 saturated carbocycles. The van der Waals surface area contributed by atoms with Crippen LogP contribution in [0.3, 0.4) is 0 Å². The number of hydrogen-bond donors (Lipinski definition) is 0. The summed E-state index contributed by atoms with van der Waals surface area (Å²) >= 11 is 6.78. The van der Waals surface area contributed by atoms with Crippen molar-refractivity contribution < 1.29 is 18.0 Å². The van der Waals surface area contributed by atoms with E-state index in [1.165, 1.54) is 12.1 Å². The van der Waals surface area contributed by atoms with Crippen LogP contribution in [0.15, 0.2) is 59.6 Å². The molecular formula is C18H14ClF3N2OS. The van der Waals surface area contributed by atoms with Crippen molar-refractivity contribution in [3.05, 3.63) is 65.2 Å². The van der Waals surface area contributed by atoms with E-state index in [0.29, 0.717) is 16.3 Å². The van der Waals surface area contributed by atoms with E-state index in [1.807, 2.05) is 6.07 Å². The van der Waals surface area contributed by atoms with E-state index < -0.39 is 23.8 Å². The number of benzene rings is 2. The molecule has 0 aliphatic carbocycles. The predicted molar refractivity (Wildman–Crippen MR) is 99.1 cm³/mol. The van der Waals surface area contributed by atoms with Crippen molar-refractivity contribution in [1.29, 1.82) is 0 Å². The van der Waals surface area contributed by atoms with E-state index in [-0.39, 0.29) is 11.7 Å². The Labute approximate surface area is 157 Å². The quantitative estimate of drug-likeness (QED) is 0.693. The van der Waals surface area contributed by atoms with E-state index in [1.54, 1.807) is 41.3 Å². The Bertz CT molecular complexity index is 809. The molecule has 1 heterocycles. The number of hydrogen-bond acceptors (Lipinski definition) is 2. The lowest BCUT2D eigenvalue weighted by Crippen LogP contribution is -2.27. The van der Waals surface area contributed by atoms with Gasteiger partial charge in [0.25, 0.3) is 5.91 Å². The molecule has 136 valence electrons. The van der Waals surface area contributed by atoms with Crippen molar-refractivity contribution >= 4 is 40.1 Å². The number of anilines is 1. The minimum atomic E-state index is -4.27. The third kappa shape index (κ3) is 4.80. The minimum Gasteiger partial charge on any atom is -0.320 e. The average Bonchev–Trinajstić information content (AvgIpc) is 2.96. The first-order valence-corrected chi connectivity index (χ1v) is 9.02. The van der Waals surface area contributed by atoms with Crippen LogP contribution in [0.4, 0.5) is 18.9 Å². The molecule has 1 aliphatic heterocycles. The first kappa shape index (κ1) is 18.8. The topological polar surface area (TPSA) is 32.7 Å². The second-order valence-electron chi connectivity index (χ2n) is 5.71. The summed E-state index contributed by atoms with van der Waals surface area (Å²) in [5.41, 5.74) is 1.03. The molecule has 1 fully saturated rings. The molecule has 0 N–H and O–H groups in total. The van der Waals surface area contributed by atoms with Crippen molar-refractivity contribution in [3.63, 3.8) is 0 Å². The molecule has 2 aromatic carbocycles.